The molecule has 0 bridgehead atoms. The number of H-pyrrole nitrogens is 1. The topological polar surface area (TPSA) is 166 Å². The van der Waals surface area contributed by atoms with E-state index < -0.39 is 47.9 Å². The highest BCUT2D eigenvalue weighted by Crippen LogP contribution is 2.19. The number of aromatic nitrogens is 1. The fraction of sp³-hybridized carbons (Fsp3) is 0.538. The summed E-state index contributed by atoms with van der Waals surface area (Å²) >= 11 is 4.20. The van der Waals surface area contributed by atoms with Crippen LogP contribution < -0.4 is 21.7 Å². The van der Waals surface area contributed by atoms with E-state index in [1.54, 1.807) is 6.20 Å². The lowest BCUT2D eigenvalue weighted by Gasteiger charge is -2.26. The second kappa shape index (κ2) is 14.0. The zero-order chi connectivity index (χ0) is 27.7. The van der Waals surface area contributed by atoms with E-state index in [2.05, 4.69) is 33.6 Å². The van der Waals surface area contributed by atoms with Crippen molar-refractivity contribution >= 4 is 47.2 Å². The number of rotatable bonds is 14. The number of carboxylic acids is 1. The van der Waals surface area contributed by atoms with E-state index in [9.17, 15) is 24.3 Å². The Morgan fingerprint density at radius 2 is 1.43 bits per heavy atom. The number of aromatic amines is 1. The number of aliphatic carboxylic acids is 1. The van der Waals surface area contributed by atoms with E-state index in [-0.39, 0.29) is 30.4 Å². The molecule has 0 aliphatic heterocycles. The first kappa shape index (κ1) is 30.2. The Hall–Kier alpha value is -3.05. The Balaban J connectivity index is 2.04. The first-order valence-corrected chi connectivity index (χ1v) is 13.1. The summed E-state index contributed by atoms with van der Waals surface area (Å²) < 4.78 is 0. The molecule has 37 heavy (non-hydrogen) atoms. The van der Waals surface area contributed by atoms with Crippen molar-refractivity contribution in [3.63, 3.8) is 0 Å². The molecule has 0 aliphatic carbocycles. The standard InChI is InChI=1S/C26H39N5O5S/c1-14(2)9-20(24(33)30-21(26(35)36)10-15(3)4)29-25(34)22(13-37)31-23(32)18(27)11-16-12-28-19-8-6-5-7-17(16)19/h5-8,12,14-15,18,20-22,28,37H,9-11,13,27H2,1-4H3,(H,29,34)(H,30,33)(H,31,32)(H,35,36). The lowest BCUT2D eigenvalue weighted by Crippen LogP contribution is -2.58. The molecule has 0 saturated carbocycles. The summed E-state index contributed by atoms with van der Waals surface area (Å²) in [7, 11) is 0. The minimum atomic E-state index is -1.14. The van der Waals surface area contributed by atoms with Gasteiger partial charge in [-0.3, -0.25) is 14.4 Å². The zero-order valence-corrected chi connectivity index (χ0v) is 22.7. The van der Waals surface area contributed by atoms with Crippen molar-refractivity contribution in [2.75, 3.05) is 5.75 Å². The number of nitrogens with one attached hydrogen (secondary N) is 4. The van der Waals surface area contributed by atoms with Crippen molar-refractivity contribution in [1.29, 1.82) is 0 Å². The van der Waals surface area contributed by atoms with Crippen LogP contribution in [-0.4, -0.2) is 63.7 Å². The van der Waals surface area contributed by atoms with Crippen molar-refractivity contribution in [3.8, 4) is 0 Å². The highest BCUT2D eigenvalue weighted by Gasteiger charge is 2.30. The maximum absolute atomic E-state index is 13.0. The van der Waals surface area contributed by atoms with Gasteiger partial charge in [0.25, 0.3) is 0 Å². The molecule has 3 amide bonds. The van der Waals surface area contributed by atoms with Gasteiger partial charge in [-0.15, -0.1) is 0 Å². The fourth-order valence-electron chi connectivity index (χ4n) is 4.04. The number of fused-ring (bicyclic) bond motifs is 1. The molecule has 1 aromatic heterocycles. The third-order valence-electron chi connectivity index (χ3n) is 5.93. The highest BCUT2D eigenvalue weighted by atomic mass is 32.1. The van der Waals surface area contributed by atoms with E-state index in [1.807, 2.05) is 52.0 Å². The summed E-state index contributed by atoms with van der Waals surface area (Å²) in [5, 5.41) is 18.2. The Labute approximate surface area is 222 Å². The summed E-state index contributed by atoms with van der Waals surface area (Å²) in [6.07, 6.45) is 2.62. The van der Waals surface area contributed by atoms with Crippen molar-refractivity contribution < 1.29 is 24.3 Å². The molecule has 7 N–H and O–H groups in total. The fourth-order valence-corrected chi connectivity index (χ4v) is 4.30. The smallest absolute Gasteiger partial charge is 0.326 e. The van der Waals surface area contributed by atoms with Gasteiger partial charge in [0.1, 0.15) is 18.1 Å². The zero-order valence-electron chi connectivity index (χ0n) is 21.8. The predicted octanol–water partition coefficient (Wildman–Crippen LogP) is 1.60. The third-order valence-corrected chi connectivity index (χ3v) is 6.29. The number of carbonyl (C=O) groups is 4. The molecule has 1 aromatic carbocycles. The van der Waals surface area contributed by atoms with E-state index in [0.717, 1.165) is 16.5 Å². The van der Waals surface area contributed by atoms with Crippen molar-refractivity contribution in [2.24, 2.45) is 17.6 Å². The average Bonchev–Trinajstić information content (AvgIpc) is 3.23. The van der Waals surface area contributed by atoms with Gasteiger partial charge in [-0.05, 0) is 42.7 Å². The summed E-state index contributed by atoms with van der Waals surface area (Å²) in [6.45, 7) is 7.49. The first-order valence-electron chi connectivity index (χ1n) is 12.5. The Kier molecular flexibility index (Phi) is 11.4. The molecule has 2 rings (SSSR count). The lowest BCUT2D eigenvalue weighted by molar-refractivity contribution is -0.142. The molecular formula is C26H39N5O5S. The van der Waals surface area contributed by atoms with Gasteiger partial charge in [-0.2, -0.15) is 12.6 Å². The van der Waals surface area contributed by atoms with Gasteiger partial charge in [-0.25, -0.2) is 4.79 Å². The molecule has 0 aliphatic rings. The second-order valence-corrected chi connectivity index (χ2v) is 10.5. The minimum absolute atomic E-state index is 0.0154. The van der Waals surface area contributed by atoms with Crippen LogP contribution in [0.15, 0.2) is 30.5 Å². The van der Waals surface area contributed by atoms with E-state index in [4.69, 9.17) is 5.73 Å². The van der Waals surface area contributed by atoms with Crippen LogP contribution in [0.2, 0.25) is 0 Å². The summed E-state index contributed by atoms with van der Waals surface area (Å²) in [5.41, 5.74) is 7.96. The molecule has 0 fully saturated rings. The number of hydrogen-bond donors (Lipinski definition) is 7. The number of carboxylic acid groups (broad SMARTS) is 1. The lowest BCUT2D eigenvalue weighted by atomic mass is 10.00. The van der Waals surface area contributed by atoms with Crippen molar-refractivity contribution in [3.05, 3.63) is 36.0 Å². The Morgan fingerprint density at radius 1 is 0.892 bits per heavy atom. The summed E-state index contributed by atoms with van der Waals surface area (Å²) in [6, 6.07) is 3.70. The van der Waals surface area contributed by atoms with E-state index >= 15 is 0 Å². The minimum Gasteiger partial charge on any atom is -0.480 e. The van der Waals surface area contributed by atoms with Crippen LogP contribution >= 0.6 is 12.6 Å². The third kappa shape index (κ3) is 9.08. The molecule has 4 unspecified atom stereocenters. The number of benzene rings is 1. The van der Waals surface area contributed by atoms with Crippen LogP contribution in [-0.2, 0) is 25.6 Å². The maximum atomic E-state index is 13.0. The number of hydrogen-bond acceptors (Lipinski definition) is 6. The number of nitrogens with two attached hydrogens (primary N) is 1. The number of carbonyl (C=O) groups excluding carboxylic acids is 3. The molecule has 4 atom stereocenters. The second-order valence-electron chi connectivity index (χ2n) is 10.1. The number of amides is 3. The molecule has 204 valence electrons. The van der Waals surface area contributed by atoms with Gasteiger partial charge in [-0.1, -0.05) is 45.9 Å². The predicted molar refractivity (Wildman–Crippen MR) is 146 cm³/mol. The summed E-state index contributed by atoms with van der Waals surface area (Å²) in [5.74, 6) is -2.77. The van der Waals surface area contributed by atoms with Gasteiger partial charge < -0.3 is 31.8 Å². The van der Waals surface area contributed by atoms with Crippen LogP contribution in [0, 0.1) is 11.8 Å². The number of thiol groups is 1. The van der Waals surface area contributed by atoms with Gasteiger partial charge in [0.2, 0.25) is 17.7 Å². The number of para-hydroxylation sites is 1. The van der Waals surface area contributed by atoms with E-state index in [0.29, 0.717) is 6.42 Å². The first-order chi connectivity index (χ1) is 17.4. The van der Waals surface area contributed by atoms with Crippen LogP contribution in [0.25, 0.3) is 10.9 Å². The van der Waals surface area contributed by atoms with Gasteiger partial charge in [0, 0.05) is 22.9 Å². The molecule has 0 radical (unpaired) electrons. The normalized spacial score (nSPS) is 14.7. The van der Waals surface area contributed by atoms with Gasteiger partial charge in [0.15, 0.2) is 0 Å². The molecule has 0 saturated heterocycles. The van der Waals surface area contributed by atoms with Crippen molar-refractivity contribution in [2.45, 2.75) is 71.1 Å². The molecule has 2 aromatic rings. The Bertz CT molecular complexity index is 1090. The van der Waals surface area contributed by atoms with Crippen LogP contribution in [0.3, 0.4) is 0 Å². The molecule has 0 spiro atoms. The van der Waals surface area contributed by atoms with Crippen LogP contribution in [0.5, 0.6) is 0 Å². The summed E-state index contributed by atoms with van der Waals surface area (Å²) in [4.78, 5) is 53.4. The molecule has 11 heteroatoms. The largest absolute Gasteiger partial charge is 0.480 e. The maximum Gasteiger partial charge on any atom is 0.326 e. The van der Waals surface area contributed by atoms with Gasteiger partial charge in [0.05, 0.1) is 6.04 Å². The van der Waals surface area contributed by atoms with Crippen LogP contribution in [0.1, 0.15) is 46.1 Å². The van der Waals surface area contributed by atoms with E-state index in [1.165, 1.54) is 0 Å². The van der Waals surface area contributed by atoms with Gasteiger partial charge >= 0.3 is 5.97 Å². The monoisotopic (exact) mass is 533 g/mol. The Morgan fingerprint density at radius 3 is 2.03 bits per heavy atom. The SMILES string of the molecule is CC(C)CC(NC(=O)C(CC(C)C)NC(=O)C(CS)NC(=O)C(N)Cc1c[nH]c2ccccc12)C(=O)O. The molecule has 10 nitrogen and oxygen atoms in total. The molecular weight excluding hydrogens is 494 g/mol. The highest BCUT2D eigenvalue weighted by molar-refractivity contribution is 7.80. The average molecular weight is 534 g/mol. The quantitative estimate of drug-likeness (QED) is 0.182. The van der Waals surface area contributed by atoms with Crippen LogP contribution in [0.4, 0.5) is 0 Å². The molecule has 1 heterocycles. The van der Waals surface area contributed by atoms with Crippen molar-refractivity contribution in [1.82, 2.24) is 20.9 Å².